The number of hydrogen-bond acceptors (Lipinski definition) is 4. The van der Waals surface area contributed by atoms with E-state index in [0.29, 0.717) is 17.9 Å². The highest BCUT2D eigenvalue weighted by Crippen LogP contribution is 2.28. The number of hydrogen-bond donors (Lipinski definition) is 0. The number of rotatable bonds is 5. The van der Waals surface area contributed by atoms with E-state index in [1.165, 1.54) is 16.9 Å². The minimum absolute atomic E-state index is 0.0101. The van der Waals surface area contributed by atoms with E-state index in [2.05, 4.69) is 35.2 Å². The fourth-order valence-corrected chi connectivity index (χ4v) is 4.85. The normalized spacial score (nSPS) is 16.0. The number of ketones is 1. The van der Waals surface area contributed by atoms with Gasteiger partial charge in [0.05, 0.1) is 10.2 Å². The second-order valence-corrected chi connectivity index (χ2v) is 8.30. The van der Waals surface area contributed by atoms with Crippen LogP contribution in [0.5, 0.6) is 0 Å². The third-order valence-corrected chi connectivity index (χ3v) is 6.62. The maximum atomic E-state index is 12.6. The van der Waals surface area contributed by atoms with Crippen LogP contribution >= 0.6 is 11.3 Å². The summed E-state index contributed by atoms with van der Waals surface area (Å²) in [6, 6.07) is 16.3. The van der Waals surface area contributed by atoms with Crippen LogP contribution in [0.2, 0.25) is 0 Å². The van der Waals surface area contributed by atoms with Crippen molar-refractivity contribution >= 4 is 27.3 Å². The molecule has 2 heterocycles. The van der Waals surface area contributed by atoms with Crippen LogP contribution in [0.25, 0.3) is 10.2 Å². The van der Waals surface area contributed by atoms with Gasteiger partial charge in [0.1, 0.15) is 0 Å². The Morgan fingerprint density at radius 1 is 1.11 bits per heavy atom. The number of carbonyl (C=O) groups is 1. The third kappa shape index (κ3) is 3.89. The molecule has 1 aromatic heterocycles. The van der Waals surface area contributed by atoms with Crippen molar-refractivity contribution in [1.29, 1.82) is 0 Å². The molecule has 2 aromatic carbocycles. The van der Waals surface area contributed by atoms with Gasteiger partial charge in [-0.3, -0.25) is 9.59 Å². The van der Waals surface area contributed by atoms with E-state index in [1.807, 2.05) is 18.2 Å². The van der Waals surface area contributed by atoms with Crippen molar-refractivity contribution in [2.24, 2.45) is 7.05 Å². The Kier molecular flexibility index (Phi) is 5.23. The first kappa shape index (κ1) is 18.1. The van der Waals surface area contributed by atoms with Crippen LogP contribution in [-0.4, -0.2) is 34.9 Å². The minimum Gasteiger partial charge on any atom is -0.303 e. The molecule has 1 fully saturated rings. The highest BCUT2D eigenvalue weighted by molar-refractivity contribution is 7.16. The largest absolute Gasteiger partial charge is 0.307 e. The predicted octanol–water partition coefficient (Wildman–Crippen LogP) is 4.05. The van der Waals surface area contributed by atoms with Crippen molar-refractivity contribution in [1.82, 2.24) is 9.47 Å². The zero-order valence-electron chi connectivity index (χ0n) is 15.6. The lowest BCUT2D eigenvalue weighted by Gasteiger charge is -2.32. The number of aromatic nitrogens is 1. The summed E-state index contributed by atoms with van der Waals surface area (Å²) in [5.74, 6) is 0.798. The van der Waals surface area contributed by atoms with Gasteiger partial charge in [0, 0.05) is 25.6 Å². The molecule has 0 spiro atoms. The van der Waals surface area contributed by atoms with Crippen molar-refractivity contribution in [3.8, 4) is 0 Å². The molecular formula is C22H24N2O2S. The summed E-state index contributed by atoms with van der Waals surface area (Å²) in [4.78, 5) is 26.8. The van der Waals surface area contributed by atoms with Crippen LogP contribution in [0, 0.1) is 0 Å². The molecule has 3 aromatic rings. The summed E-state index contributed by atoms with van der Waals surface area (Å²) in [6.45, 7) is 2.90. The first-order valence-corrected chi connectivity index (χ1v) is 10.3. The average Bonchev–Trinajstić information content (AvgIpc) is 3.00. The number of aryl methyl sites for hydroxylation is 1. The summed E-state index contributed by atoms with van der Waals surface area (Å²) in [6.07, 6.45) is 2.84. The van der Waals surface area contributed by atoms with E-state index in [0.717, 1.165) is 42.7 Å². The van der Waals surface area contributed by atoms with Crippen LogP contribution in [0.15, 0.2) is 53.3 Å². The molecule has 0 amide bonds. The maximum Gasteiger partial charge on any atom is 0.307 e. The van der Waals surface area contributed by atoms with Crippen LogP contribution < -0.4 is 4.87 Å². The molecule has 1 aliphatic heterocycles. The Morgan fingerprint density at radius 3 is 2.59 bits per heavy atom. The van der Waals surface area contributed by atoms with Crippen LogP contribution in [0.4, 0.5) is 0 Å². The highest BCUT2D eigenvalue weighted by Gasteiger charge is 2.21. The molecular weight excluding hydrogens is 356 g/mol. The minimum atomic E-state index is 0.0101. The molecule has 4 nitrogen and oxygen atoms in total. The van der Waals surface area contributed by atoms with E-state index in [4.69, 9.17) is 0 Å². The second-order valence-electron chi connectivity index (χ2n) is 7.31. The molecule has 0 radical (unpaired) electrons. The molecule has 140 valence electrons. The monoisotopic (exact) mass is 380 g/mol. The Balaban J connectivity index is 1.33. The molecule has 0 atom stereocenters. The molecule has 27 heavy (non-hydrogen) atoms. The number of benzene rings is 2. The molecule has 1 saturated heterocycles. The SMILES string of the molecule is Cn1c(=O)sc2cc(C(=O)CCN3CCC(c4ccccc4)CC3)ccc21. The summed E-state index contributed by atoms with van der Waals surface area (Å²) in [7, 11) is 1.77. The second kappa shape index (κ2) is 7.79. The number of thiazole rings is 1. The van der Waals surface area contributed by atoms with Crippen molar-refractivity contribution < 1.29 is 4.79 Å². The molecule has 1 aliphatic rings. The van der Waals surface area contributed by atoms with Gasteiger partial charge in [0.2, 0.25) is 0 Å². The van der Waals surface area contributed by atoms with Gasteiger partial charge < -0.3 is 9.47 Å². The molecule has 0 N–H and O–H groups in total. The van der Waals surface area contributed by atoms with Gasteiger partial charge in [-0.05, 0) is 55.6 Å². The standard InChI is InChI=1S/C22H24N2O2S/c1-23-19-8-7-18(15-21(19)27-22(23)26)20(25)11-14-24-12-9-17(10-13-24)16-5-3-2-4-6-16/h2-8,15,17H,9-14H2,1H3. The van der Waals surface area contributed by atoms with Gasteiger partial charge in [0.25, 0.3) is 0 Å². The topological polar surface area (TPSA) is 42.3 Å². The lowest BCUT2D eigenvalue weighted by molar-refractivity contribution is 0.0956. The number of carbonyl (C=O) groups excluding carboxylic acids is 1. The van der Waals surface area contributed by atoms with Gasteiger partial charge in [0.15, 0.2) is 5.78 Å². The average molecular weight is 381 g/mol. The van der Waals surface area contributed by atoms with E-state index in [1.54, 1.807) is 11.6 Å². The van der Waals surface area contributed by atoms with Gasteiger partial charge in [-0.1, -0.05) is 41.7 Å². The fourth-order valence-electron chi connectivity index (χ4n) is 3.93. The molecule has 5 heteroatoms. The van der Waals surface area contributed by atoms with Crippen molar-refractivity contribution in [2.45, 2.75) is 25.2 Å². The number of likely N-dealkylation sites (tertiary alicyclic amines) is 1. The Morgan fingerprint density at radius 2 is 1.85 bits per heavy atom. The van der Waals surface area contributed by atoms with Crippen molar-refractivity contribution in [3.63, 3.8) is 0 Å². The summed E-state index contributed by atoms with van der Waals surface area (Å²) in [5.41, 5.74) is 3.04. The molecule has 0 saturated carbocycles. The molecule has 0 aliphatic carbocycles. The van der Waals surface area contributed by atoms with Crippen LogP contribution in [0.3, 0.4) is 0 Å². The summed E-state index contributed by atoms with van der Waals surface area (Å²) >= 11 is 1.20. The number of Topliss-reactive ketones (excluding diaryl/α,β-unsaturated/α-hetero) is 1. The Bertz CT molecular complexity index is 998. The number of nitrogens with zero attached hydrogens (tertiary/aromatic N) is 2. The third-order valence-electron chi connectivity index (χ3n) is 5.63. The molecule has 0 bridgehead atoms. The van der Waals surface area contributed by atoms with E-state index < -0.39 is 0 Å². The Labute approximate surface area is 163 Å². The number of fused-ring (bicyclic) bond motifs is 1. The van der Waals surface area contributed by atoms with Crippen LogP contribution in [-0.2, 0) is 7.05 Å². The van der Waals surface area contributed by atoms with Gasteiger partial charge in [-0.15, -0.1) is 0 Å². The zero-order chi connectivity index (χ0) is 18.8. The van der Waals surface area contributed by atoms with Gasteiger partial charge >= 0.3 is 4.87 Å². The van der Waals surface area contributed by atoms with E-state index in [9.17, 15) is 9.59 Å². The van der Waals surface area contributed by atoms with Crippen molar-refractivity contribution in [2.75, 3.05) is 19.6 Å². The Hall–Kier alpha value is -2.24. The van der Waals surface area contributed by atoms with E-state index in [-0.39, 0.29) is 10.7 Å². The first-order chi connectivity index (χ1) is 13.1. The first-order valence-electron chi connectivity index (χ1n) is 9.52. The maximum absolute atomic E-state index is 12.6. The quantitative estimate of drug-likeness (QED) is 0.627. The lowest BCUT2D eigenvalue weighted by atomic mass is 9.89. The van der Waals surface area contributed by atoms with Crippen molar-refractivity contribution in [3.05, 3.63) is 69.3 Å². The zero-order valence-corrected chi connectivity index (χ0v) is 16.4. The van der Waals surface area contributed by atoms with Gasteiger partial charge in [-0.25, -0.2) is 0 Å². The summed E-state index contributed by atoms with van der Waals surface area (Å²) in [5, 5.41) is 0. The van der Waals surface area contributed by atoms with Gasteiger partial charge in [-0.2, -0.15) is 0 Å². The predicted molar refractivity (Wildman–Crippen MR) is 111 cm³/mol. The molecule has 4 rings (SSSR count). The molecule has 0 unspecified atom stereocenters. The fraction of sp³-hybridized carbons (Fsp3) is 0.364. The smallest absolute Gasteiger partial charge is 0.303 e. The number of piperidine rings is 1. The summed E-state index contributed by atoms with van der Waals surface area (Å²) < 4.78 is 2.52. The van der Waals surface area contributed by atoms with E-state index >= 15 is 0 Å². The van der Waals surface area contributed by atoms with Crippen LogP contribution in [0.1, 0.15) is 41.1 Å². The highest BCUT2D eigenvalue weighted by atomic mass is 32.1. The lowest BCUT2D eigenvalue weighted by Crippen LogP contribution is -2.34.